The van der Waals surface area contributed by atoms with Gasteiger partial charge in [-0.1, -0.05) is 72.8 Å². The number of aryl methyl sites for hydroxylation is 1. The van der Waals surface area contributed by atoms with E-state index < -0.39 is 0 Å². The quantitative estimate of drug-likeness (QED) is 0.437. The largest absolute Gasteiger partial charge is 0.326 e. The Bertz CT molecular complexity index is 994. The average Bonchev–Trinajstić information content (AvgIpc) is 3.05. The molecule has 0 amide bonds. The molecular weight excluding hydrogens is 330 g/mol. The van der Waals surface area contributed by atoms with Gasteiger partial charge in [0.2, 0.25) is 0 Å². The number of imidazole rings is 1. The minimum atomic E-state index is 0.352. The lowest BCUT2D eigenvalue weighted by Crippen LogP contribution is -2.03. The Morgan fingerprint density at radius 3 is 2.07 bits per heavy atom. The second-order valence-corrected chi connectivity index (χ2v) is 6.72. The molecule has 0 saturated heterocycles. The molecule has 0 fully saturated rings. The van der Waals surface area contributed by atoms with Crippen molar-refractivity contribution in [3.63, 3.8) is 0 Å². The van der Waals surface area contributed by atoms with Gasteiger partial charge >= 0.3 is 0 Å². The summed E-state index contributed by atoms with van der Waals surface area (Å²) in [6.45, 7) is 0.762. The van der Waals surface area contributed by atoms with Gasteiger partial charge in [0.05, 0.1) is 17.2 Å². The molecule has 0 atom stereocenters. The van der Waals surface area contributed by atoms with E-state index in [-0.39, 0.29) is 0 Å². The zero-order valence-corrected chi connectivity index (χ0v) is 15.5. The Morgan fingerprint density at radius 2 is 1.44 bits per heavy atom. The van der Waals surface area contributed by atoms with Crippen LogP contribution in [0.2, 0.25) is 0 Å². The van der Waals surface area contributed by atoms with E-state index in [1.807, 2.05) is 31.5 Å². The molecule has 0 saturated carbocycles. The van der Waals surface area contributed by atoms with E-state index in [9.17, 15) is 0 Å². The van der Waals surface area contributed by atoms with E-state index in [0.29, 0.717) is 5.92 Å². The molecule has 134 valence electrons. The van der Waals surface area contributed by atoms with Crippen molar-refractivity contribution in [2.45, 2.75) is 12.3 Å². The number of nitrogens with zero attached hydrogens (tertiary/aromatic N) is 3. The maximum atomic E-state index is 4.68. The molecule has 4 rings (SSSR count). The predicted octanol–water partition coefficient (Wildman–Crippen LogP) is 5.21. The highest BCUT2D eigenvalue weighted by Gasteiger charge is 2.13. The van der Waals surface area contributed by atoms with Crippen molar-refractivity contribution in [1.82, 2.24) is 9.55 Å². The lowest BCUT2D eigenvalue weighted by Gasteiger charge is -2.17. The third-order valence-electron chi connectivity index (χ3n) is 4.98. The van der Waals surface area contributed by atoms with Crippen LogP contribution in [0.4, 0.5) is 0 Å². The third kappa shape index (κ3) is 3.82. The molecule has 0 radical (unpaired) electrons. The summed E-state index contributed by atoms with van der Waals surface area (Å²) >= 11 is 0. The Morgan fingerprint density at radius 1 is 0.852 bits per heavy atom. The third-order valence-corrected chi connectivity index (χ3v) is 4.98. The van der Waals surface area contributed by atoms with Gasteiger partial charge in [0, 0.05) is 19.5 Å². The first-order valence-electron chi connectivity index (χ1n) is 9.34. The van der Waals surface area contributed by atoms with Crippen molar-refractivity contribution in [3.05, 3.63) is 102 Å². The smallest absolute Gasteiger partial charge is 0.151 e. The molecular formula is C24H23N3. The van der Waals surface area contributed by atoms with Crippen LogP contribution in [-0.2, 0) is 7.05 Å². The van der Waals surface area contributed by atoms with Gasteiger partial charge in [-0.15, -0.1) is 0 Å². The van der Waals surface area contributed by atoms with Gasteiger partial charge in [0.25, 0.3) is 0 Å². The molecule has 27 heavy (non-hydrogen) atoms. The summed E-state index contributed by atoms with van der Waals surface area (Å²) in [6.07, 6.45) is 2.86. The van der Waals surface area contributed by atoms with Crippen molar-refractivity contribution < 1.29 is 0 Å². The normalized spacial score (nSPS) is 11.6. The maximum absolute atomic E-state index is 4.68. The molecule has 0 spiro atoms. The molecule has 4 aromatic rings. The zero-order chi connectivity index (χ0) is 18.5. The zero-order valence-electron chi connectivity index (χ0n) is 15.5. The number of hydrogen-bond donors (Lipinski definition) is 0. The fourth-order valence-electron chi connectivity index (χ4n) is 3.53. The second-order valence-electron chi connectivity index (χ2n) is 6.72. The average molecular weight is 353 g/mol. The van der Waals surface area contributed by atoms with Crippen LogP contribution < -0.4 is 0 Å². The lowest BCUT2D eigenvalue weighted by molar-refractivity contribution is 0.728. The molecule has 3 nitrogen and oxygen atoms in total. The molecule has 0 N–H and O–H groups in total. The first-order chi connectivity index (χ1) is 13.3. The standard InChI is InChI=1S/C24H23N3/c1-27-23-15-9-8-14-22(23)26-24(27)18-25-17-16-21(19-10-4-2-5-11-19)20-12-6-3-7-13-20/h2-15,18,21H,16-17H2,1H3. The monoisotopic (exact) mass is 353 g/mol. The molecule has 0 bridgehead atoms. The topological polar surface area (TPSA) is 30.2 Å². The van der Waals surface area contributed by atoms with Crippen molar-refractivity contribution in [2.75, 3.05) is 6.54 Å². The van der Waals surface area contributed by atoms with Crippen LogP contribution in [-0.4, -0.2) is 22.3 Å². The molecule has 3 heteroatoms. The lowest BCUT2D eigenvalue weighted by atomic mass is 9.89. The minimum Gasteiger partial charge on any atom is -0.326 e. The SMILES string of the molecule is Cn1c(C=NCCC(c2ccccc2)c2ccccc2)nc2ccccc21. The summed E-state index contributed by atoms with van der Waals surface area (Å²) in [7, 11) is 2.04. The Kier molecular flexibility index (Phi) is 5.10. The van der Waals surface area contributed by atoms with Crippen LogP contribution in [0.15, 0.2) is 89.9 Å². The van der Waals surface area contributed by atoms with Gasteiger partial charge in [-0.25, -0.2) is 4.98 Å². The van der Waals surface area contributed by atoms with Crippen LogP contribution in [0, 0.1) is 0 Å². The van der Waals surface area contributed by atoms with E-state index in [2.05, 4.69) is 81.3 Å². The number of fused-ring (bicyclic) bond motifs is 1. The van der Waals surface area contributed by atoms with Crippen molar-refractivity contribution in [1.29, 1.82) is 0 Å². The van der Waals surface area contributed by atoms with Gasteiger partial charge in [-0.05, 0) is 29.7 Å². The van der Waals surface area contributed by atoms with E-state index in [1.165, 1.54) is 11.1 Å². The molecule has 1 aromatic heterocycles. The summed E-state index contributed by atoms with van der Waals surface area (Å²) in [5, 5.41) is 0. The predicted molar refractivity (Wildman–Crippen MR) is 113 cm³/mol. The number of para-hydroxylation sites is 2. The van der Waals surface area contributed by atoms with Gasteiger partial charge in [0.1, 0.15) is 0 Å². The van der Waals surface area contributed by atoms with Crippen LogP contribution in [0.3, 0.4) is 0 Å². The highest BCUT2D eigenvalue weighted by atomic mass is 15.1. The maximum Gasteiger partial charge on any atom is 0.151 e. The molecule has 0 aliphatic heterocycles. The molecule has 0 unspecified atom stereocenters. The second kappa shape index (κ2) is 8.00. The van der Waals surface area contributed by atoms with Gasteiger partial charge < -0.3 is 4.57 Å². The highest BCUT2D eigenvalue weighted by molar-refractivity contribution is 5.84. The van der Waals surface area contributed by atoms with E-state index in [0.717, 1.165) is 29.8 Å². The van der Waals surface area contributed by atoms with Crippen LogP contribution in [0.5, 0.6) is 0 Å². The van der Waals surface area contributed by atoms with Gasteiger partial charge in [0.15, 0.2) is 5.82 Å². The van der Waals surface area contributed by atoms with Crippen LogP contribution >= 0.6 is 0 Å². The Hall–Kier alpha value is -3.20. The molecule has 0 aliphatic carbocycles. The number of benzene rings is 3. The number of hydrogen-bond acceptors (Lipinski definition) is 2. The first-order valence-corrected chi connectivity index (χ1v) is 9.34. The first kappa shape index (κ1) is 17.2. The van der Waals surface area contributed by atoms with Crippen molar-refractivity contribution in [3.8, 4) is 0 Å². The molecule has 0 aliphatic rings. The van der Waals surface area contributed by atoms with E-state index in [4.69, 9.17) is 0 Å². The van der Waals surface area contributed by atoms with Gasteiger partial charge in [-0.2, -0.15) is 0 Å². The van der Waals surface area contributed by atoms with Crippen molar-refractivity contribution >= 4 is 17.2 Å². The summed E-state index contributed by atoms with van der Waals surface area (Å²) in [6, 6.07) is 29.5. The fourth-order valence-corrected chi connectivity index (χ4v) is 3.53. The Balaban J connectivity index is 1.51. The summed E-state index contributed by atoms with van der Waals surface area (Å²) < 4.78 is 2.09. The van der Waals surface area contributed by atoms with E-state index in [1.54, 1.807) is 0 Å². The number of aromatic nitrogens is 2. The van der Waals surface area contributed by atoms with Crippen LogP contribution in [0.25, 0.3) is 11.0 Å². The van der Waals surface area contributed by atoms with E-state index >= 15 is 0 Å². The summed E-state index contributed by atoms with van der Waals surface area (Å²) in [4.78, 5) is 9.34. The fraction of sp³-hybridized carbons (Fsp3) is 0.167. The summed E-state index contributed by atoms with van der Waals surface area (Å²) in [5.74, 6) is 1.25. The molecule has 3 aromatic carbocycles. The van der Waals surface area contributed by atoms with Crippen LogP contribution in [0.1, 0.15) is 29.3 Å². The minimum absolute atomic E-state index is 0.352. The van der Waals surface area contributed by atoms with Gasteiger partial charge in [-0.3, -0.25) is 4.99 Å². The number of aliphatic imine (C=N–C) groups is 1. The highest BCUT2D eigenvalue weighted by Crippen LogP contribution is 2.27. The molecule has 1 heterocycles. The Labute approximate surface area is 160 Å². The number of rotatable bonds is 6. The van der Waals surface area contributed by atoms with Crippen molar-refractivity contribution in [2.24, 2.45) is 12.0 Å². The summed E-state index contributed by atoms with van der Waals surface area (Å²) in [5.41, 5.74) is 4.81.